The number of nitrogens with one attached hydrogen (secondary N) is 1. The average molecular weight is 467 g/mol. The molecule has 4 heterocycles. The summed E-state index contributed by atoms with van der Waals surface area (Å²) >= 11 is 4.77. The molecule has 0 spiro atoms. The number of aromatic amines is 1. The van der Waals surface area contributed by atoms with Gasteiger partial charge in [0.25, 0.3) is 0 Å². The first-order valence-corrected chi connectivity index (χ1v) is 13.1. The summed E-state index contributed by atoms with van der Waals surface area (Å²) in [5, 5.41) is 3.30. The molecule has 1 saturated heterocycles. The Morgan fingerprint density at radius 2 is 1.71 bits per heavy atom. The first-order valence-electron chi connectivity index (χ1n) is 10.5. The van der Waals surface area contributed by atoms with Gasteiger partial charge in [0.15, 0.2) is 0 Å². The summed E-state index contributed by atoms with van der Waals surface area (Å²) in [6, 6.07) is 13.5. The standard InChI is InChI=1S/C23H18N2O3S3/c26-21-15-11-9-12(16(15)22(27)25(21)10-5-2-1-3-6-10)18-14(11)17(13-7-4-8-29-13)19-20(30-18)24-23(28)31-19/h1-8,11-12,14-18H,9H2,(H,24,28)/t11-,12+,14-,15-,16-,17-,18-/m0/s1. The van der Waals surface area contributed by atoms with Crippen LogP contribution in [0.2, 0.25) is 0 Å². The van der Waals surface area contributed by atoms with Crippen molar-refractivity contribution in [2.75, 3.05) is 4.90 Å². The molecule has 3 aromatic rings. The van der Waals surface area contributed by atoms with Crippen molar-refractivity contribution in [1.82, 2.24) is 4.98 Å². The van der Waals surface area contributed by atoms with Gasteiger partial charge in [-0.3, -0.25) is 19.3 Å². The number of hydrogen-bond acceptors (Lipinski definition) is 6. The predicted molar refractivity (Wildman–Crippen MR) is 122 cm³/mol. The molecule has 7 rings (SSSR count). The van der Waals surface area contributed by atoms with Gasteiger partial charge in [-0.05, 0) is 47.8 Å². The lowest BCUT2D eigenvalue weighted by atomic mass is 9.69. The van der Waals surface area contributed by atoms with E-state index in [4.69, 9.17) is 0 Å². The zero-order chi connectivity index (χ0) is 20.9. The van der Waals surface area contributed by atoms with E-state index >= 15 is 0 Å². The van der Waals surface area contributed by atoms with Crippen LogP contribution in [-0.4, -0.2) is 22.0 Å². The molecule has 2 aliphatic heterocycles. The number of para-hydroxylation sites is 1. The summed E-state index contributed by atoms with van der Waals surface area (Å²) < 4.78 is 0. The number of hydrogen-bond donors (Lipinski definition) is 1. The predicted octanol–water partition coefficient (Wildman–Crippen LogP) is 4.18. The number of thiophene rings is 1. The van der Waals surface area contributed by atoms with Crippen molar-refractivity contribution in [1.29, 1.82) is 0 Å². The number of amides is 2. The smallest absolute Gasteiger partial charge is 0.305 e. The fourth-order valence-corrected chi connectivity index (χ4v) is 10.5. The maximum Gasteiger partial charge on any atom is 0.305 e. The molecule has 7 atom stereocenters. The highest BCUT2D eigenvalue weighted by molar-refractivity contribution is 8.00. The summed E-state index contributed by atoms with van der Waals surface area (Å²) in [5.74, 6) is 0.224. The second kappa shape index (κ2) is 6.43. The Hall–Kier alpha value is -2.16. The number of anilines is 1. The minimum Gasteiger partial charge on any atom is -0.307 e. The molecule has 5 nitrogen and oxygen atoms in total. The van der Waals surface area contributed by atoms with Crippen molar-refractivity contribution < 1.29 is 9.59 Å². The van der Waals surface area contributed by atoms with Gasteiger partial charge in [-0.25, -0.2) is 0 Å². The minimum atomic E-state index is -0.237. The second-order valence-corrected chi connectivity index (χ2v) is 12.0. The summed E-state index contributed by atoms with van der Waals surface area (Å²) in [5.41, 5.74) is 0.681. The number of benzene rings is 1. The van der Waals surface area contributed by atoms with E-state index in [1.165, 1.54) is 21.1 Å². The van der Waals surface area contributed by atoms with E-state index in [0.717, 1.165) is 16.3 Å². The van der Waals surface area contributed by atoms with Gasteiger partial charge in [-0.15, -0.1) is 23.1 Å². The van der Waals surface area contributed by atoms with Gasteiger partial charge < -0.3 is 4.98 Å². The number of carbonyl (C=O) groups excluding carboxylic acids is 2. The number of aromatic nitrogens is 1. The van der Waals surface area contributed by atoms with Crippen LogP contribution < -0.4 is 9.77 Å². The Bertz CT molecular complexity index is 1260. The molecule has 2 amide bonds. The molecule has 0 radical (unpaired) electrons. The lowest BCUT2D eigenvalue weighted by Gasteiger charge is -2.42. The third-order valence-electron chi connectivity index (χ3n) is 7.59. The molecule has 2 aliphatic carbocycles. The highest BCUT2D eigenvalue weighted by Crippen LogP contribution is 2.68. The van der Waals surface area contributed by atoms with Crippen LogP contribution in [0.1, 0.15) is 22.1 Å². The van der Waals surface area contributed by atoms with Crippen LogP contribution >= 0.6 is 34.4 Å². The average Bonchev–Trinajstić information content (AvgIpc) is 3.56. The zero-order valence-corrected chi connectivity index (χ0v) is 18.7. The molecule has 156 valence electrons. The molecule has 0 unspecified atom stereocenters. The van der Waals surface area contributed by atoms with E-state index in [1.807, 2.05) is 30.3 Å². The first-order chi connectivity index (χ1) is 15.1. The number of fused-ring (bicyclic) bond motifs is 9. The third-order valence-corrected chi connectivity index (χ3v) is 11.1. The molecule has 4 aliphatic rings. The summed E-state index contributed by atoms with van der Waals surface area (Å²) in [7, 11) is 0. The van der Waals surface area contributed by atoms with Gasteiger partial charge in [-0.2, -0.15) is 0 Å². The van der Waals surface area contributed by atoms with Gasteiger partial charge in [0.05, 0.1) is 22.5 Å². The minimum absolute atomic E-state index is 0.0195. The van der Waals surface area contributed by atoms with Crippen molar-refractivity contribution in [3.8, 4) is 0 Å². The zero-order valence-electron chi connectivity index (χ0n) is 16.3. The van der Waals surface area contributed by atoms with Crippen LogP contribution in [0.5, 0.6) is 0 Å². The third kappa shape index (κ3) is 2.36. The number of nitrogens with zero attached hydrogens (tertiary/aromatic N) is 1. The largest absolute Gasteiger partial charge is 0.307 e. The van der Waals surface area contributed by atoms with Gasteiger partial charge in [-0.1, -0.05) is 35.6 Å². The van der Waals surface area contributed by atoms with E-state index in [-0.39, 0.29) is 57.4 Å². The molecule has 8 heteroatoms. The fraction of sp³-hybridized carbons (Fsp3) is 0.348. The van der Waals surface area contributed by atoms with E-state index in [2.05, 4.69) is 22.5 Å². The number of H-pyrrole nitrogens is 1. The van der Waals surface area contributed by atoms with Crippen molar-refractivity contribution in [3.05, 3.63) is 67.3 Å². The number of carbonyl (C=O) groups is 2. The van der Waals surface area contributed by atoms with Gasteiger partial charge in [0.2, 0.25) is 11.8 Å². The lowest BCUT2D eigenvalue weighted by molar-refractivity contribution is -0.123. The molecule has 2 aromatic heterocycles. The molecule has 3 fully saturated rings. The van der Waals surface area contributed by atoms with Crippen molar-refractivity contribution in [2.45, 2.75) is 22.6 Å². The van der Waals surface area contributed by atoms with Gasteiger partial charge in [0.1, 0.15) is 0 Å². The number of rotatable bonds is 2. The van der Waals surface area contributed by atoms with E-state index in [9.17, 15) is 14.4 Å². The molecular formula is C23H18N2O3S3. The number of thioether (sulfide) groups is 1. The molecule has 31 heavy (non-hydrogen) atoms. The Morgan fingerprint density at radius 3 is 2.45 bits per heavy atom. The highest BCUT2D eigenvalue weighted by Gasteiger charge is 2.69. The maximum atomic E-state index is 13.6. The van der Waals surface area contributed by atoms with Crippen molar-refractivity contribution in [3.63, 3.8) is 0 Å². The fourth-order valence-electron chi connectivity index (χ4n) is 6.64. The van der Waals surface area contributed by atoms with Crippen molar-refractivity contribution >= 4 is 51.9 Å². The molecule has 1 N–H and O–H groups in total. The van der Waals surface area contributed by atoms with Gasteiger partial charge in [0, 0.05) is 20.9 Å². The van der Waals surface area contributed by atoms with Gasteiger partial charge >= 0.3 is 4.87 Å². The SMILES string of the molecule is O=C1[C@H]2[C@H]3C[C@@H]([C@@H]4Sc5[nH]c(=O)sc5[C@@H](c5cccs5)[C@H]34)[C@@H]2C(=O)N1c1ccccc1. The van der Waals surface area contributed by atoms with E-state index in [1.54, 1.807) is 23.1 Å². The Kier molecular flexibility index (Phi) is 3.82. The molecule has 1 aromatic carbocycles. The quantitative estimate of drug-likeness (QED) is 0.576. The summed E-state index contributed by atoms with van der Waals surface area (Å²) in [6.45, 7) is 0. The van der Waals surface area contributed by atoms with E-state index < -0.39 is 0 Å². The lowest BCUT2D eigenvalue weighted by Crippen LogP contribution is -2.42. The summed E-state index contributed by atoms with van der Waals surface area (Å²) in [4.78, 5) is 46.1. The van der Waals surface area contributed by atoms with Crippen LogP contribution in [0, 0.1) is 29.6 Å². The Morgan fingerprint density at radius 1 is 0.935 bits per heavy atom. The molecule has 2 saturated carbocycles. The first kappa shape index (κ1) is 18.4. The summed E-state index contributed by atoms with van der Waals surface area (Å²) in [6.07, 6.45) is 0.929. The molecule has 2 bridgehead atoms. The van der Waals surface area contributed by atoms with Crippen LogP contribution in [0.3, 0.4) is 0 Å². The highest BCUT2D eigenvalue weighted by atomic mass is 32.2. The maximum absolute atomic E-state index is 13.6. The van der Waals surface area contributed by atoms with Crippen molar-refractivity contribution in [2.24, 2.45) is 29.6 Å². The number of imide groups is 1. The normalized spacial score (nSPS) is 35.4. The molecular weight excluding hydrogens is 448 g/mol. The van der Waals surface area contributed by atoms with E-state index in [0.29, 0.717) is 5.69 Å². The monoisotopic (exact) mass is 466 g/mol. The Balaban J connectivity index is 1.34. The topological polar surface area (TPSA) is 70.2 Å². The van der Waals surface area contributed by atoms with Crippen LogP contribution in [0.15, 0.2) is 57.7 Å². The Labute approximate surface area is 190 Å². The van der Waals surface area contributed by atoms with Crippen LogP contribution in [0.4, 0.5) is 5.69 Å². The second-order valence-electron chi connectivity index (χ2n) is 8.82. The van der Waals surface area contributed by atoms with Crippen LogP contribution in [-0.2, 0) is 9.59 Å². The number of thiazole rings is 1. The van der Waals surface area contributed by atoms with Crippen LogP contribution in [0.25, 0.3) is 0 Å².